The van der Waals surface area contributed by atoms with Crippen molar-refractivity contribution in [2.75, 3.05) is 33.4 Å². The molecule has 0 radical (unpaired) electrons. The zero-order valence-corrected chi connectivity index (χ0v) is 33.6. The highest BCUT2D eigenvalue weighted by molar-refractivity contribution is 5.84. The van der Waals surface area contributed by atoms with Crippen LogP contribution < -0.4 is 5.43 Å². The molecule has 5 aromatic rings. The van der Waals surface area contributed by atoms with Crippen LogP contribution >= 0.6 is 0 Å². The van der Waals surface area contributed by atoms with Crippen LogP contribution in [0.5, 0.6) is 0 Å². The molecule has 0 saturated carbocycles. The molecule has 1 aromatic heterocycles. The van der Waals surface area contributed by atoms with Crippen LogP contribution in [-0.2, 0) is 51.2 Å². The molecule has 2 atom stereocenters. The number of hydrogen-bond acceptors (Lipinski definition) is 8. The summed E-state index contributed by atoms with van der Waals surface area (Å²) in [4.78, 5) is 51.4. The standard InChI is InChI=1S/C41H40F5N3O3.C4H6O6/c1-52-24-23-47-21-19-33(20-22-47)49(26-28-9-11-29(12-10-28)30-13-16-32(17-14-30)41(44,45)46)39(51)27-48-34(18-15-31-5-4-7-36(42)40(31)43)25-38(50)35-6-2-3-8-37(35)48;5-1(3(7)8)2(6)4(9)10/h2-14,16-17,25,33H,15,18-24,26-27H2,1H3;1-2,5-6H,(H,7,8)(H,9,10). The zero-order chi connectivity index (χ0) is 45.1. The first kappa shape index (κ1) is 47.0. The number of rotatable bonds is 15. The van der Waals surface area contributed by atoms with E-state index >= 15 is 0 Å². The summed E-state index contributed by atoms with van der Waals surface area (Å²) in [5.41, 5.74) is 2.62. The molecule has 0 spiro atoms. The third-order valence-electron chi connectivity index (χ3n) is 10.7. The first-order valence-electron chi connectivity index (χ1n) is 19.6. The van der Waals surface area contributed by atoms with Gasteiger partial charge in [0.15, 0.2) is 29.3 Å². The number of methoxy groups -OCH3 is 1. The van der Waals surface area contributed by atoms with Crippen molar-refractivity contribution < 1.29 is 61.5 Å². The van der Waals surface area contributed by atoms with Crippen molar-refractivity contribution in [3.05, 3.63) is 141 Å². The van der Waals surface area contributed by atoms with Gasteiger partial charge in [-0.15, -0.1) is 0 Å². The molecule has 1 saturated heterocycles. The summed E-state index contributed by atoms with van der Waals surface area (Å²) in [7, 11) is 1.67. The van der Waals surface area contributed by atoms with E-state index in [4.69, 9.17) is 25.2 Å². The lowest BCUT2D eigenvalue weighted by molar-refractivity contribution is -0.165. The van der Waals surface area contributed by atoms with Crippen LogP contribution in [0.2, 0.25) is 0 Å². The number of aliphatic hydroxyl groups is 2. The maximum Gasteiger partial charge on any atom is 0.416 e. The van der Waals surface area contributed by atoms with Gasteiger partial charge in [0.25, 0.3) is 0 Å². The zero-order valence-electron chi connectivity index (χ0n) is 33.6. The van der Waals surface area contributed by atoms with E-state index in [9.17, 15) is 41.1 Å². The summed E-state index contributed by atoms with van der Waals surface area (Å²) in [6, 6.07) is 24.9. The minimum atomic E-state index is -4.42. The van der Waals surface area contributed by atoms with Gasteiger partial charge in [0.2, 0.25) is 5.91 Å². The lowest BCUT2D eigenvalue weighted by Crippen LogP contribution is -2.48. The van der Waals surface area contributed by atoms with Crippen molar-refractivity contribution in [1.29, 1.82) is 0 Å². The summed E-state index contributed by atoms with van der Waals surface area (Å²) in [5, 5.41) is 33.0. The third-order valence-corrected chi connectivity index (χ3v) is 10.7. The number of alkyl halides is 3. The fraction of sp³-hybridized carbons (Fsp3) is 0.333. The molecule has 62 heavy (non-hydrogen) atoms. The highest BCUT2D eigenvalue weighted by Crippen LogP contribution is 2.31. The number of aryl methyl sites for hydroxylation is 2. The number of carbonyl (C=O) groups is 3. The van der Waals surface area contributed by atoms with Crippen molar-refractivity contribution in [3.63, 3.8) is 0 Å². The van der Waals surface area contributed by atoms with Crippen LogP contribution in [0, 0.1) is 11.6 Å². The second-order valence-electron chi connectivity index (χ2n) is 14.7. The van der Waals surface area contributed by atoms with Crippen LogP contribution in [-0.4, -0.2) is 104 Å². The van der Waals surface area contributed by atoms with E-state index in [1.54, 1.807) is 31.4 Å². The Labute approximate surface area is 353 Å². The molecule has 17 heteroatoms. The third kappa shape index (κ3) is 12.1. The largest absolute Gasteiger partial charge is 0.479 e. The van der Waals surface area contributed by atoms with Crippen LogP contribution in [0.4, 0.5) is 22.0 Å². The Bertz CT molecular complexity index is 2360. The Balaban J connectivity index is 0.000000646. The van der Waals surface area contributed by atoms with E-state index in [0.717, 1.165) is 61.8 Å². The number of carboxylic acids is 2. The van der Waals surface area contributed by atoms with Crippen molar-refractivity contribution in [2.45, 2.75) is 63.2 Å². The number of carboxylic acid groups (broad SMARTS) is 2. The first-order valence-corrected chi connectivity index (χ1v) is 19.6. The average Bonchev–Trinajstić information content (AvgIpc) is 3.26. The monoisotopic (exact) mass is 867 g/mol. The highest BCUT2D eigenvalue weighted by Gasteiger charge is 2.31. The quantitative estimate of drug-likeness (QED) is 0.0949. The number of amides is 1. The molecule has 1 fully saturated rings. The van der Waals surface area contributed by atoms with E-state index in [2.05, 4.69) is 4.90 Å². The minimum absolute atomic E-state index is 0.0728. The SMILES string of the molecule is COCCN1CCC(N(Cc2ccc(-c3ccc(C(F)(F)F)cc3)cc2)C(=O)Cn2c(CCc3cccc(F)c3F)cc(=O)c3ccccc32)CC1.O=C(O)C(O)C(O)C(=O)O. The van der Waals surface area contributed by atoms with Crippen molar-refractivity contribution in [2.24, 2.45) is 0 Å². The van der Waals surface area contributed by atoms with Crippen molar-refractivity contribution >= 4 is 28.7 Å². The molecule has 4 N–H and O–H groups in total. The molecule has 1 aliphatic heterocycles. The van der Waals surface area contributed by atoms with Crippen LogP contribution in [0.25, 0.3) is 22.0 Å². The molecule has 0 aliphatic carbocycles. The van der Waals surface area contributed by atoms with Gasteiger partial charge in [0.1, 0.15) is 6.54 Å². The summed E-state index contributed by atoms with van der Waals surface area (Å²) >= 11 is 0. The molecule has 6 rings (SSSR count). The van der Waals surface area contributed by atoms with Gasteiger partial charge in [-0.25, -0.2) is 18.4 Å². The van der Waals surface area contributed by atoms with Gasteiger partial charge < -0.3 is 39.5 Å². The molecule has 0 bridgehead atoms. The number of aliphatic carboxylic acids is 2. The van der Waals surface area contributed by atoms with Gasteiger partial charge in [0, 0.05) is 56.5 Å². The number of aromatic nitrogens is 1. The molecular formula is C45H46F5N3O9. The molecule has 4 aromatic carbocycles. The molecule has 12 nitrogen and oxygen atoms in total. The Morgan fingerprint density at radius 2 is 1.42 bits per heavy atom. The molecule has 330 valence electrons. The number of carbonyl (C=O) groups excluding carboxylic acids is 1. The Kier molecular flexibility index (Phi) is 16.1. The lowest BCUT2D eigenvalue weighted by Gasteiger charge is -2.39. The van der Waals surface area contributed by atoms with Crippen molar-refractivity contribution in [1.82, 2.24) is 14.4 Å². The molecule has 2 unspecified atom stereocenters. The predicted octanol–water partition coefficient (Wildman–Crippen LogP) is 5.77. The number of aliphatic hydroxyl groups excluding tert-OH is 2. The first-order chi connectivity index (χ1) is 29.5. The van der Waals surface area contributed by atoms with Gasteiger partial charge in [-0.05, 0) is 78.3 Å². The number of pyridine rings is 1. The van der Waals surface area contributed by atoms with Crippen LogP contribution in [0.1, 0.15) is 35.2 Å². The number of halogens is 5. The van der Waals surface area contributed by atoms with Crippen LogP contribution in [0.15, 0.2) is 102 Å². The van der Waals surface area contributed by atoms with Gasteiger partial charge in [-0.1, -0.05) is 60.7 Å². The van der Waals surface area contributed by atoms with E-state index < -0.39 is 47.5 Å². The number of hydrogen-bond donors (Lipinski definition) is 4. The molecular weight excluding hydrogens is 821 g/mol. The number of ether oxygens (including phenoxy) is 1. The fourth-order valence-electron chi connectivity index (χ4n) is 7.22. The van der Waals surface area contributed by atoms with E-state index in [-0.39, 0.29) is 42.3 Å². The van der Waals surface area contributed by atoms with E-state index in [1.807, 2.05) is 33.7 Å². The Hall–Kier alpha value is -6.01. The number of nitrogens with zero attached hydrogens (tertiary/aromatic N) is 3. The van der Waals surface area contributed by atoms with Gasteiger partial charge in [-0.3, -0.25) is 9.59 Å². The second kappa shape index (κ2) is 21.2. The summed E-state index contributed by atoms with van der Waals surface area (Å²) < 4.78 is 75.0. The maximum absolute atomic E-state index is 14.6. The summed E-state index contributed by atoms with van der Waals surface area (Å²) in [5.74, 6) is -5.57. The number of fused-ring (bicyclic) bond motifs is 1. The van der Waals surface area contributed by atoms with E-state index in [0.29, 0.717) is 35.3 Å². The molecule has 1 amide bonds. The number of piperidine rings is 1. The average molecular weight is 868 g/mol. The maximum atomic E-state index is 14.6. The van der Waals surface area contributed by atoms with Gasteiger partial charge >= 0.3 is 18.1 Å². The predicted molar refractivity (Wildman–Crippen MR) is 218 cm³/mol. The molecule has 2 heterocycles. The van der Waals surface area contributed by atoms with Crippen LogP contribution in [0.3, 0.4) is 0 Å². The normalized spacial score (nSPS) is 14.5. The number of para-hydroxylation sites is 1. The highest BCUT2D eigenvalue weighted by atomic mass is 19.4. The fourth-order valence-corrected chi connectivity index (χ4v) is 7.22. The number of benzene rings is 4. The Morgan fingerprint density at radius 3 is 2.00 bits per heavy atom. The second-order valence-corrected chi connectivity index (χ2v) is 14.7. The lowest BCUT2D eigenvalue weighted by atomic mass is 10.00. The van der Waals surface area contributed by atoms with E-state index in [1.165, 1.54) is 30.3 Å². The smallest absolute Gasteiger partial charge is 0.416 e. The topological polar surface area (TPSA) is 170 Å². The number of likely N-dealkylation sites (tertiary alicyclic amines) is 1. The van der Waals surface area contributed by atoms with Gasteiger partial charge in [0.05, 0.1) is 17.7 Å². The minimum Gasteiger partial charge on any atom is -0.479 e. The summed E-state index contributed by atoms with van der Waals surface area (Å²) in [6.45, 7) is 3.21. The Morgan fingerprint density at radius 1 is 0.823 bits per heavy atom. The summed E-state index contributed by atoms with van der Waals surface area (Å²) in [6.07, 6.45) is -7.12. The van der Waals surface area contributed by atoms with Crippen molar-refractivity contribution in [3.8, 4) is 11.1 Å². The molecule has 1 aliphatic rings. The van der Waals surface area contributed by atoms with Gasteiger partial charge in [-0.2, -0.15) is 13.2 Å².